The molecule has 0 fully saturated rings. The molecule has 54 heavy (non-hydrogen) atoms. The molecule has 300 valence electrons. The largest absolute Gasteiger partial charge is 0.454 e. The number of alkyl halides is 6. The standard InChI is InChI=1S/C38H49F6N3O7/c1-25(22-46-35(52)54-36(2,3)4)15-10-7-5-6-8-13-20-31(49)47-30(21-26-16-11-9-12-17-26)33(50)45-23-27(48)24-53-34(51)32-28(37(39,40)41)18-14-19-29(32)38(42,43)44/h9,11-12,14,16-19,25,30H,5-8,10,13,15,20-24H2,1-4H3,(H,45,50)(H,46,52)(H,47,49). The van der Waals surface area contributed by atoms with Crippen molar-refractivity contribution < 1.29 is 59.8 Å². The zero-order chi connectivity index (χ0) is 40.5. The molecule has 0 aliphatic rings. The van der Waals surface area contributed by atoms with Gasteiger partial charge in [-0.1, -0.05) is 75.4 Å². The molecule has 2 unspecified atom stereocenters. The van der Waals surface area contributed by atoms with Gasteiger partial charge in [-0.2, -0.15) is 26.3 Å². The van der Waals surface area contributed by atoms with Crippen LogP contribution in [0.1, 0.15) is 106 Å². The Labute approximate surface area is 311 Å². The number of ketones is 1. The van der Waals surface area contributed by atoms with Crippen LogP contribution in [0, 0.1) is 5.92 Å². The van der Waals surface area contributed by atoms with E-state index >= 15 is 0 Å². The zero-order valence-corrected chi connectivity index (χ0v) is 30.9. The molecular formula is C38H49F6N3O7. The second-order valence-corrected chi connectivity index (χ2v) is 14.0. The van der Waals surface area contributed by atoms with Gasteiger partial charge in [0.05, 0.1) is 23.2 Å². The smallest absolute Gasteiger partial charge is 0.417 e. The molecule has 0 saturated carbocycles. The lowest BCUT2D eigenvalue weighted by Crippen LogP contribution is -2.49. The van der Waals surface area contributed by atoms with E-state index in [0.29, 0.717) is 30.5 Å². The fourth-order valence-electron chi connectivity index (χ4n) is 5.31. The quantitative estimate of drug-likeness (QED) is 0.0717. The second-order valence-electron chi connectivity index (χ2n) is 14.0. The maximum absolute atomic E-state index is 13.4. The Morgan fingerprint density at radius 2 is 1.31 bits per heavy atom. The molecule has 2 rings (SSSR count). The van der Waals surface area contributed by atoms with Crippen molar-refractivity contribution in [3.8, 4) is 0 Å². The Kier molecular flexibility index (Phi) is 18.0. The Morgan fingerprint density at radius 3 is 1.89 bits per heavy atom. The van der Waals surface area contributed by atoms with Crippen molar-refractivity contribution in [1.82, 2.24) is 16.0 Å². The summed E-state index contributed by atoms with van der Waals surface area (Å²) in [4.78, 5) is 62.4. The molecular weight excluding hydrogens is 724 g/mol. The van der Waals surface area contributed by atoms with Gasteiger partial charge in [-0.25, -0.2) is 9.59 Å². The number of carbonyl (C=O) groups is 5. The number of Topliss-reactive ketones (excluding diaryl/α,β-unsaturated/α-hetero) is 1. The molecule has 0 spiro atoms. The van der Waals surface area contributed by atoms with Gasteiger partial charge in [0.1, 0.15) is 11.6 Å². The van der Waals surface area contributed by atoms with Crippen LogP contribution >= 0.6 is 0 Å². The van der Waals surface area contributed by atoms with Crippen molar-refractivity contribution >= 4 is 29.7 Å². The van der Waals surface area contributed by atoms with Crippen LogP contribution in [0.15, 0.2) is 48.5 Å². The number of esters is 1. The number of hydrogen-bond acceptors (Lipinski definition) is 7. The summed E-state index contributed by atoms with van der Waals surface area (Å²) in [6, 6.07) is 8.62. The first kappa shape index (κ1) is 45.5. The molecule has 2 atom stereocenters. The van der Waals surface area contributed by atoms with Gasteiger partial charge in [0.2, 0.25) is 11.8 Å². The summed E-state index contributed by atoms with van der Waals surface area (Å²) in [6.45, 7) is 5.99. The summed E-state index contributed by atoms with van der Waals surface area (Å²) in [7, 11) is 0. The lowest BCUT2D eigenvalue weighted by molar-refractivity contribution is -0.144. The second kappa shape index (κ2) is 21.3. The Hall–Kier alpha value is -4.63. The van der Waals surface area contributed by atoms with E-state index in [4.69, 9.17) is 4.74 Å². The van der Waals surface area contributed by atoms with E-state index in [1.165, 1.54) is 0 Å². The number of carbonyl (C=O) groups excluding carboxylic acids is 5. The van der Waals surface area contributed by atoms with Crippen molar-refractivity contribution in [3.63, 3.8) is 0 Å². The molecule has 0 saturated heterocycles. The van der Waals surface area contributed by atoms with Gasteiger partial charge in [0.15, 0.2) is 12.4 Å². The van der Waals surface area contributed by atoms with Crippen molar-refractivity contribution in [2.75, 3.05) is 19.7 Å². The number of hydrogen-bond donors (Lipinski definition) is 3. The van der Waals surface area contributed by atoms with Gasteiger partial charge in [-0.15, -0.1) is 0 Å². The van der Waals surface area contributed by atoms with E-state index in [9.17, 15) is 50.3 Å². The topological polar surface area (TPSA) is 140 Å². The first-order chi connectivity index (χ1) is 25.2. The molecule has 2 aromatic carbocycles. The lowest BCUT2D eigenvalue weighted by Gasteiger charge is -2.20. The van der Waals surface area contributed by atoms with Crippen molar-refractivity contribution in [1.29, 1.82) is 0 Å². The molecule has 0 radical (unpaired) electrons. The van der Waals surface area contributed by atoms with Crippen LogP contribution in [0.25, 0.3) is 0 Å². The minimum absolute atomic E-state index is 0.0573. The third kappa shape index (κ3) is 17.5. The summed E-state index contributed by atoms with van der Waals surface area (Å²) < 4.78 is 90.2. The fourth-order valence-corrected chi connectivity index (χ4v) is 5.31. The van der Waals surface area contributed by atoms with Crippen LogP contribution in [0.5, 0.6) is 0 Å². The van der Waals surface area contributed by atoms with Gasteiger partial charge in [0.25, 0.3) is 0 Å². The summed E-state index contributed by atoms with van der Waals surface area (Å²) in [5, 5.41) is 7.72. The molecule has 10 nitrogen and oxygen atoms in total. The fraction of sp³-hybridized carbons (Fsp3) is 0.553. The van der Waals surface area contributed by atoms with Crippen LogP contribution in [-0.2, 0) is 42.6 Å². The minimum Gasteiger partial charge on any atom is -0.454 e. The Morgan fingerprint density at radius 1 is 0.741 bits per heavy atom. The molecule has 0 aliphatic carbocycles. The maximum atomic E-state index is 13.4. The normalized spacial score (nSPS) is 13.0. The molecule has 0 heterocycles. The van der Waals surface area contributed by atoms with E-state index in [2.05, 4.69) is 27.6 Å². The third-order valence-electron chi connectivity index (χ3n) is 7.98. The summed E-state index contributed by atoms with van der Waals surface area (Å²) >= 11 is 0. The van der Waals surface area contributed by atoms with Gasteiger partial charge >= 0.3 is 24.4 Å². The van der Waals surface area contributed by atoms with Gasteiger partial charge in [-0.05, 0) is 57.2 Å². The van der Waals surface area contributed by atoms with Crippen LogP contribution in [-0.4, -0.2) is 61.0 Å². The predicted octanol–water partition coefficient (Wildman–Crippen LogP) is 7.58. The number of alkyl carbamates (subject to hydrolysis) is 1. The van der Waals surface area contributed by atoms with Crippen LogP contribution in [0.3, 0.4) is 0 Å². The van der Waals surface area contributed by atoms with Crippen LogP contribution in [0.4, 0.5) is 31.1 Å². The molecule has 16 heteroatoms. The van der Waals surface area contributed by atoms with Gasteiger partial charge in [-0.3, -0.25) is 14.4 Å². The molecule has 3 N–H and O–H groups in total. The highest BCUT2D eigenvalue weighted by Crippen LogP contribution is 2.39. The van der Waals surface area contributed by atoms with Gasteiger partial charge < -0.3 is 25.4 Å². The van der Waals surface area contributed by atoms with E-state index in [1.807, 2.05) is 0 Å². The lowest BCUT2D eigenvalue weighted by atomic mass is 10.00. The third-order valence-corrected chi connectivity index (χ3v) is 7.98. The van der Waals surface area contributed by atoms with Crippen LogP contribution < -0.4 is 16.0 Å². The average molecular weight is 774 g/mol. The van der Waals surface area contributed by atoms with E-state index in [0.717, 1.165) is 38.5 Å². The highest BCUT2D eigenvalue weighted by Gasteiger charge is 2.43. The van der Waals surface area contributed by atoms with E-state index < -0.39 is 83.5 Å². The molecule has 0 aromatic heterocycles. The number of unbranched alkanes of at least 4 members (excludes halogenated alkanes) is 5. The Balaban J connectivity index is 1.82. The maximum Gasteiger partial charge on any atom is 0.417 e. The average Bonchev–Trinajstić information content (AvgIpc) is 3.08. The van der Waals surface area contributed by atoms with Crippen molar-refractivity contribution in [3.05, 3.63) is 70.8 Å². The number of rotatable bonds is 20. The van der Waals surface area contributed by atoms with E-state index in [1.54, 1.807) is 51.1 Å². The zero-order valence-electron chi connectivity index (χ0n) is 30.9. The number of ether oxygens (including phenoxy) is 2. The number of halogens is 6. The number of benzene rings is 2. The predicted molar refractivity (Wildman–Crippen MR) is 187 cm³/mol. The molecule has 0 bridgehead atoms. The molecule has 0 aliphatic heterocycles. The van der Waals surface area contributed by atoms with Crippen molar-refractivity contribution in [2.24, 2.45) is 5.92 Å². The summed E-state index contributed by atoms with van der Waals surface area (Å²) in [5.41, 5.74) is -5.40. The summed E-state index contributed by atoms with van der Waals surface area (Å²) in [5.74, 6) is -3.91. The molecule has 2 aromatic rings. The SMILES string of the molecule is CC(CCCCCCCCC(=O)NC(Cc1ccccc1)C(=O)NCC(=O)COC(=O)c1c(C(F)(F)F)cccc1C(F)(F)F)CNC(=O)OC(C)(C)C. The van der Waals surface area contributed by atoms with Crippen LogP contribution in [0.2, 0.25) is 0 Å². The summed E-state index contributed by atoms with van der Waals surface area (Å²) in [6.07, 6.45) is -4.74. The first-order valence-electron chi connectivity index (χ1n) is 17.7. The van der Waals surface area contributed by atoms with E-state index in [-0.39, 0.29) is 25.0 Å². The first-order valence-corrected chi connectivity index (χ1v) is 17.7. The van der Waals surface area contributed by atoms with Crippen molar-refractivity contribution in [2.45, 2.75) is 109 Å². The Bertz CT molecular complexity index is 1510. The number of amides is 3. The molecule has 3 amide bonds. The number of nitrogens with one attached hydrogen (secondary N) is 3. The highest BCUT2D eigenvalue weighted by atomic mass is 19.4. The monoisotopic (exact) mass is 773 g/mol. The highest BCUT2D eigenvalue weighted by molar-refractivity contribution is 5.96. The minimum atomic E-state index is -5.32. The van der Waals surface area contributed by atoms with Gasteiger partial charge in [0, 0.05) is 19.4 Å².